The predicted molar refractivity (Wildman–Crippen MR) is 44.2 cm³/mol. The van der Waals surface area contributed by atoms with Gasteiger partial charge in [-0.2, -0.15) is 0 Å². The van der Waals surface area contributed by atoms with Gasteiger partial charge in [0.2, 0.25) is 0 Å². The van der Waals surface area contributed by atoms with Crippen LogP contribution in [0.15, 0.2) is 6.20 Å². The zero-order chi connectivity index (χ0) is 7.40. The lowest BCUT2D eigenvalue weighted by Gasteiger charge is -1.89. The molecule has 2 nitrogen and oxygen atoms in total. The molecule has 0 amide bonds. The quantitative estimate of drug-likeness (QED) is 0.717. The summed E-state index contributed by atoms with van der Waals surface area (Å²) in [7, 11) is 0. The van der Waals surface area contributed by atoms with Gasteiger partial charge in [-0.1, -0.05) is 0 Å². The molecule has 0 aliphatic rings. The SMILES string of the molecule is Cc1cnc(CCCN)s1. The van der Waals surface area contributed by atoms with Gasteiger partial charge in [-0.25, -0.2) is 4.98 Å². The van der Waals surface area contributed by atoms with Crippen LogP contribution in [0.1, 0.15) is 16.3 Å². The number of nitrogens with two attached hydrogens (primary N) is 1. The molecule has 1 aromatic rings. The van der Waals surface area contributed by atoms with Crippen LogP contribution in [0.4, 0.5) is 0 Å². The molecule has 0 unspecified atom stereocenters. The fraction of sp³-hybridized carbons (Fsp3) is 0.571. The van der Waals surface area contributed by atoms with E-state index in [2.05, 4.69) is 11.9 Å². The van der Waals surface area contributed by atoms with E-state index >= 15 is 0 Å². The third-order valence-electron chi connectivity index (χ3n) is 1.26. The number of aryl methyl sites for hydroxylation is 2. The molecule has 0 radical (unpaired) electrons. The summed E-state index contributed by atoms with van der Waals surface area (Å²) in [6, 6.07) is 0. The molecule has 0 aliphatic heterocycles. The molecule has 3 heteroatoms. The average molecular weight is 156 g/mol. The van der Waals surface area contributed by atoms with Gasteiger partial charge in [0.1, 0.15) is 0 Å². The highest BCUT2D eigenvalue weighted by molar-refractivity contribution is 7.11. The van der Waals surface area contributed by atoms with Crippen molar-refractivity contribution < 1.29 is 0 Å². The van der Waals surface area contributed by atoms with Gasteiger partial charge < -0.3 is 5.73 Å². The van der Waals surface area contributed by atoms with Crippen LogP contribution in [0.5, 0.6) is 0 Å². The van der Waals surface area contributed by atoms with E-state index in [0.29, 0.717) is 0 Å². The number of nitrogens with zero attached hydrogens (tertiary/aromatic N) is 1. The first-order chi connectivity index (χ1) is 4.83. The van der Waals surface area contributed by atoms with E-state index in [1.165, 1.54) is 9.88 Å². The maximum atomic E-state index is 5.36. The van der Waals surface area contributed by atoms with Crippen LogP contribution in [0.3, 0.4) is 0 Å². The lowest BCUT2D eigenvalue weighted by Crippen LogP contribution is -1.99. The molecule has 1 aromatic heterocycles. The Morgan fingerprint density at radius 3 is 3.00 bits per heavy atom. The van der Waals surface area contributed by atoms with Gasteiger partial charge in [0.25, 0.3) is 0 Å². The van der Waals surface area contributed by atoms with Crippen molar-refractivity contribution in [3.63, 3.8) is 0 Å². The minimum Gasteiger partial charge on any atom is -0.330 e. The number of hydrogen-bond acceptors (Lipinski definition) is 3. The van der Waals surface area contributed by atoms with Crippen molar-refractivity contribution in [1.29, 1.82) is 0 Å². The van der Waals surface area contributed by atoms with Gasteiger partial charge in [-0.15, -0.1) is 11.3 Å². The second-order valence-electron chi connectivity index (χ2n) is 2.26. The van der Waals surface area contributed by atoms with Crippen LogP contribution in [0.2, 0.25) is 0 Å². The van der Waals surface area contributed by atoms with Crippen LogP contribution in [-0.2, 0) is 6.42 Å². The molecule has 10 heavy (non-hydrogen) atoms. The fourth-order valence-corrected chi connectivity index (χ4v) is 1.60. The Morgan fingerprint density at radius 1 is 1.70 bits per heavy atom. The molecule has 0 aromatic carbocycles. The Hall–Kier alpha value is -0.410. The summed E-state index contributed by atoms with van der Waals surface area (Å²) in [4.78, 5) is 5.50. The van der Waals surface area contributed by atoms with Crippen molar-refractivity contribution in [3.05, 3.63) is 16.1 Å². The summed E-state index contributed by atoms with van der Waals surface area (Å²) < 4.78 is 0. The Kier molecular flexibility index (Phi) is 2.83. The molecular formula is C7H12N2S. The van der Waals surface area contributed by atoms with Gasteiger partial charge in [0, 0.05) is 17.5 Å². The molecule has 2 N–H and O–H groups in total. The van der Waals surface area contributed by atoms with E-state index in [1.807, 2.05) is 6.20 Å². The van der Waals surface area contributed by atoms with Crippen LogP contribution >= 0.6 is 11.3 Å². The molecule has 0 aliphatic carbocycles. The number of rotatable bonds is 3. The van der Waals surface area contributed by atoms with E-state index in [4.69, 9.17) is 5.73 Å². The van der Waals surface area contributed by atoms with E-state index in [0.717, 1.165) is 19.4 Å². The molecule has 0 saturated heterocycles. The molecule has 1 rings (SSSR count). The second kappa shape index (κ2) is 3.68. The second-order valence-corrected chi connectivity index (χ2v) is 3.58. The zero-order valence-corrected chi connectivity index (χ0v) is 6.95. The highest BCUT2D eigenvalue weighted by Gasteiger charge is 1.95. The van der Waals surface area contributed by atoms with Crippen molar-refractivity contribution in [2.24, 2.45) is 5.73 Å². The Balaban J connectivity index is 2.42. The molecule has 0 spiro atoms. The lowest BCUT2D eigenvalue weighted by molar-refractivity contribution is 0.826. The van der Waals surface area contributed by atoms with Crippen LogP contribution in [0.25, 0.3) is 0 Å². The monoisotopic (exact) mass is 156 g/mol. The third-order valence-corrected chi connectivity index (χ3v) is 2.24. The minimum absolute atomic E-state index is 0.763. The summed E-state index contributed by atoms with van der Waals surface area (Å²) in [6.45, 7) is 2.84. The zero-order valence-electron chi connectivity index (χ0n) is 6.13. The Morgan fingerprint density at radius 2 is 2.50 bits per heavy atom. The molecule has 0 bridgehead atoms. The van der Waals surface area contributed by atoms with Gasteiger partial charge >= 0.3 is 0 Å². The number of thiazole rings is 1. The molecule has 0 fully saturated rings. The Labute approximate surface area is 65.1 Å². The van der Waals surface area contributed by atoms with Crippen molar-refractivity contribution in [1.82, 2.24) is 4.98 Å². The first kappa shape index (κ1) is 7.69. The van der Waals surface area contributed by atoms with Gasteiger partial charge in [-0.3, -0.25) is 0 Å². The molecular weight excluding hydrogens is 144 g/mol. The van der Waals surface area contributed by atoms with Crippen LogP contribution in [0, 0.1) is 6.92 Å². The summed E-state index contributed by atoms with van der Waals surface area (Å²) in [5.41, 5.74) is 5.36. The first-order valence-corrected chi connectivity index (χ1v) is 4.26. The maximum absolute atomic E-state index is 5.36. The van der Waals surface area contributed by atoms with E-state index in [-0.39, 0.29) is 0 Å². The predicted octanol–water partition coefficient (Wildman–Crippen LogP) is 1.34. The smallest absolute Gasteiger partial charge is 0.0928 e. The van der Waals surface area contributed by atoms with Gasteiger partial charge in [0.05, 0.1) is 5.01 Å². The third kappa shape index (κ3) is 2.08. The van der Waals surface area contributed by atoms with E-state index in [9.17, 15) is 0 Å². The largest absolute Gasteiger partial charge is 0.330 e. The lowest BCUT2D eigenvalue weighted by atomic mass is 10.3. The summed E-state index contributed by atoms with van der Waals surface area (Å²) in [6.07, 6.45) is 4.00. The summed E-state index contributed by atoms with van der Waals surface area (Å²) in [5, 5.41) is 1.21. The molecule has 56 valence electrons. The summed E-state index contributed by atoms with van der Waals surface area (Å²) >= 11 is 1.76. The number of hydrogen-bond donors (Lipinski definition) is 1. The molecule has 1 heterocycles. The van der Waals surface area contributed by atoms with Crippen molar-refractivity contribution >= 4 is 11.3 Å². The van der Waals surface area contributed by atoms with Crippen molar-refractivity contribution in [2.45, 2.75) is 19.8 Å². The van der Waals surface area contributed by atoms with Crippen molar-refractivity contribution in [2.75, 3.05) is 6.54 Å². The van der Waals surface area contributed by atoms with Gasteiger partial charge in [-0.05, 0) is 19.9 Å². The van der Waals surface area contributed by atoms with Gasteiger partial charge in [0.15, 0.2) is 0 Å². The maximum Gasteiger partial charge on any atom is 0.0928 e. The van der Waals surface area contributed by atoms with Crippen LogP contribution < -0.4 is 5.73 Å². The fourth-order valence-electron chi connectivity index (χ4n) is 0.770. The first-order valence-electron chi connectivity index (χ1n) is 3.44. The Bertz CT molecular complexity index is 195. The summed E-state index contributed by atoms with van der Waals surface area (Å²) in [5.74, 6) is 0. The highest BCUT2D eigenvalue weighted by Crippen LogP contribution is 2.12. The van der Waals surface area contributed by atoms with E-state index in [1.54, 1.807) is 11.3 Å². The van der Waals surface area contributed by atoms with Crippen molar-refractivity contribution in [3.8, 4) is 0 Å². The highest BCUT2D eigenvalue weighted by atomic mass is 32.1. The van der Waals surface area contributed by atoms with E-state index < -0.39 is 0 Å². The number of aromatic nitrogens is 1. The standard InChI is InChI=1S/C7H12N2S/c1-6-5-9-7(10-6)3-2-4-8/h5H,2-4,8H2,1H3. The minimum atomic E-state index is 0.763. The van der Waals surface area contributed by atoms with Crippen LogP contribution in [-0.4, -0.2) is 11.5 Å². The average Bonchev–Trinajstić information content (AvgIpc) is 2.31. The molecule has 0 atom stereocenters. The topological polar surface area (TPSA) is 38.9 Å². The molecule has 0 saturated carbocycles. The normalized spacial score (nSPS) is 10.2.